The number of nitrogens with one attached hydrogen (secondary N) is 2. The van der Waals surface area contributed by atoms with E-state index in [1.54, 1.807) is 12.1 Å². The first kappa shape index (κ1) is 29.0. The lowest BCUT2D eigenvalue weighted by Gasteiger charge is -2.28. The zero-order chi connectivity index (χ0) is 27.7. The molecule has 1 aromatic carbocycles. The van der Waals surface area contributed by atoms with Crippen LogP contribution in [0.1, 0.15) is 37.7 Å². The van der Waals surface area contributed by atoms with Gasteiger partial charge in [0, 0.05) is 13.0 Å². The number of hydrogen-bond acceptors (Lipinski definition) is 8. The van der Waals surface area contributed by atoms with E-state index in [-0.39, 0.29) is 31.6 Å². The monoisotopic (exact) mass is 521 g/mol. The molecule has 4 atom stereocenters. The van der Waals surface area contributed by atoms with Gasteiger partial charge < -0.3 is 42.3 Å². The number of hydrogen-bond donors (Lipinski definition) is 7. The van der Waals surface area contributed by atoms with Crippen LogP contribution in [0.3, 0.4) is 0 Å². The first-order valence-corrected chi connectivity index (χ1v) is 11.6. The zero-order valence-electron chi connectivity index (χ0n) is 20.0. The van der Waals surface area contributed by atoms with Gasteiger partial charge in [-0.1, -0.05) is 12.1 Å². The van der Waals surface area contributed by atoms with E-state index in [0.29, 0.717) is 12.0 Å². The number of carboxylic acid groups (broad SMARTS) is 2. The highest BCUT2D eigenvalue weighted by Crippen LogP contribution is 2.19. The van der Waals surface area contributed by atoms with Gasteiger partial charge in [0.1, 0.15) is 23.9 Å². The molecule has 4 amide bonds. The Morgan fingerprint density at radius 2 is 1.62 bits per heavy atom. The summed E-state index contributed by atoms with van der Waals surface area (Å²) in [5, 5.41) is 32.5. The van der Waals surface area contributed by atoms with Crippen molar-refractivity contribution in [1.82, 2.24) is 15.5 Å². The summed E-state index contributed by atoms with van der Waals surface area (Å²) in [6.07, 6.45) is -0.823. The van der Waals surface area contributed by atoms with Crippen molar-refractivity contribution >= 4 is 35.6 Å². The molecule has 1 fully saturated rings. The lowest BCUT2D eigenvalue weighted by molar-refractivity contribution is -0.149. The average Bonchev–Trinajstić information content (AvgIpc) is 3.32. The van der Waals surface area contributed by atoms with Crippen molar-refractivity contribution in [3.05, 3.63) is 29.8 Å². The van der Waals surface area contributed by atoms with Crippen LogP contribution in [-0.2, 0) is 35.2 Å². The minimum Gasteiger partial charge on any atom is -0.508 e. The molecular formula is C23H31N5O9. The van der Waals surface area contributed by atoms with Crippen molar-refractivity contribution in [2.75, 3.05) is 6.54 Å². The van der Waals surface area contributed by atoms with Gasteiger partial charge in [-0.05, 0) is 43.4 Å². The summed E-state index contributed by atoms with van der Waals surface area (Å²) in [7, 11) is 0. The molecule has 0 aliphatic carbocycles. The molecule has 4 unspecified atom stereocenters. The van der Waals surface area contributed by atoms with Gasteiger partial charge in [-0.25, -0.2) is 4.79 Å². The van der Waals surface area contributed by atoms with E-state index in [2.05, 4.69) is 10.6 Å². The molecule has 202 valence electrons. The molecule has 0 bridgehead atoms. The van der Waals surface area contributed by atoms with E-state index < -0.39 is 72.6 Å². The highest BCUT2D eigenvalue weighted by Gasteiger charge is 2.39. The van der Waals surface area contributed by atoms with Gasteiger partial charge in [0.15, 0.2) is 0 Å². The van der Waals surface area contributed by atoms with Crippen LogP contribution in [0.4, 0.5) is 0 Å². The van der Waals surface area contributed by atoms with Crippen LogP contribution in [0.2, 0.25) is 0 Å². The van der Waals surface area contributed by atoms with Crippen LogP contribution >= 0.6 is 0 Å². The van der Waals surface area contributed by atoms with Gasteiger partial charge in [-0.2, -0.15) is 0 Å². The number of aromatic hydroxyl groups is 1. The second kappa shape index (κ2) is 13.2. The van der Waals surface area contributed by atoms with Crippen molar-refractivity contribution < 1.29 is 44.1 Å². The van der Waals surface area contributed by atoms with Gasteiger partial charge in [0.05, 0.1) is 12.5 Å². The number of phenolic OH excluding ortho intramolecular Hbond substituents is 1. The first-order valence-electron chi connectivity index (χ1n) is 11.6. The Balaban J connectivity index is 2.15. The fourth-order valence-electron chi connectivity index (χ4n) is 3.96. The van der Waals surface area contributed by atoms with E-state index >= 15 is 0 Å². The fourth-order valence-corrected chi connectivity index (χ4v) is 3.96. The third-order valence-electron chi connectivity index (χ3n) is 5.85. The summed E-state index contributed by atoms with van der Waals surface area (Å²) in [6, 6.07) is 0.738. The molecule has 37 heavy (non-hydrogen) atoms. The molecule has 2 rings (SSSR count). The van der Waals surface area contributed by atoms with E-state index in [4.69, 9.17) is 16.6 Å². The molecule has 14 heteroatoms. The van der Waals surface area contributed by atoms with Crippen LogP contribution in [0.15, 0.2) is 24.3 Å². The van der Waals surface area contributed by atoms with Gasteiger partial charge >= 0.3 is 11.9 Å². The molecule has 0 radical (unpaired) electrons. The Hall–Kier alpha value is -4.20. The predicted molar refractivity (Wildman–Crippen MR) is 127 cm³/mol. The molecule has 1 aliphatic rings. The summed E-state index contributed by atoms with van der Waals surface area (Å²) in [4.78, 5) is 73.9. The topological polar surface area (TPSA) is 242 Å². The standard InChI is InChI=1S/C23H31N5O9/c24-14(10-12-3-5-13(29)6-4-12)20(33)26-15(7-8-19(31)32)21(34)27-16(11-18(25)30)22(35)28-9-1-2-17(28)23(36)37/h3-6,14-17,29H,1-2,7-11,24H2,(H2,25,30)(H,26,33)(H,27,34)(H,31,32)(H,36,37). The molecule has 14 nitrogen and oxygen atoms in total. The number of carbonyl (C=O) groups is 6. The number of likely N-dealkylation sites (tertiary alicyclic amines) is 1. The molecule has 1 aromatic rings. The van der Waals surface area contributed by atoms with Crippen molar-refractivity contribution in [3.63, 3.8) is 0 Å². The molecule has 9 N–H and O–H groups in total. The Bertz CT molecular complexity index is 1030. The number of carbonyl (C=O) groups excluding carboxylic acids is 4. The summed E-state index contributed by atoms with van der Waals surface area (Å²) in [5.74, 6) is -5.96. The van der Waals surface area contributed by atoms with E-state index in [0.717, 1.165) is 4.90 Å². The van der Waals surface area contributed by atoms with Crippen molar-refractivity contribution in [2.24, 2.45) is 11.5 Å². The molecule has 0 aromatic heterocycles. The van der Waals surface area contributed by atoms with Crippen LogP contribution in [-0.4, -0.2) is 86.5 Å². The van der Waals surface area contributed by atoms with Crippen molar-refractivity contribution in [3.8, 4) is 5.75 Å². The molecule has 0 saturated carbocycles. The summed E-state index contributed by atoms with van der Waals surface area (Å²) in [5.41, 5.74) is 11.8. The number of carboxylic acids is 2. The predicted octanol–water partition coefficient (Wildman–Crippen LogP) is -1.95. The number of amides is 4. The third kappa shape index (κ3) is 8.75. The fraction of sp³-hybridized carbons (Fsp3) is 0.478. The van der Waals surface area contributed by atoms with Crippen LogP contribution in [0, 0.1) is 0 Å². The minimum absolute atomic E-state index is 0.0239. The number of aliphatic carboxylic acids is 2. The smallest absolute Gasteiger partial charge is 0.326 e. The van der Waals surface area contributed by atoms with Crippen molar-refractivity contribution in [2.45, 2.75) is 62.7 Å². The summed E-state index contributed by atoms with van der Waals surface area (Å²) < 4.78 is 0. The van der Waals surface area contributed by atoms with E-state index in [1.165, 1.54) is 12.1 Å². The van der Waals surface area contributed by atoms with Gasteiger partial charge in [-0.15, -0.1) is 0 Å². The van der Waals surface area contributed by atoms with E-state index in [9.17, 15) is 39.0 Å². The SMILES string of the molecule is NC(=O)CC(NC(=O)C(CCC(=O)O)NC(=O)C(N)Cc1ccc(O)cc1)C(=O)N1CCCC1C(=O)O. The highest BCUT2D eigenvalue weighted by molar-refractivity contribution is 5.96. The van der Waals surface area contributed by atoms with Crippen LogP contribution in [0.5, 0.6) is 5.75 Å². The summed E-state index contributed by atoms with van der Waals surface area (Å²) in [6.45, 7) is 0.103. The Kier molecular flexibility index (Phi) is 10.4. The Morgan fingerprint density at radius 1 is 1.00 bits per heavy atom. The minimum atomic E-state index is -1.51. The van der Waals surface area contributed by atoms with Crippen molar-refractivity contribution in [1.29, 1.82) is 0 Å². The maximum Gasteiger partial charge on any atom is 0.326 e. The lowest BCUT2D eigenvalue weighted by atomic mass is 10.0. The zero-order valence-corrected chi connectivity index (χ0v) is 20.0. The highest BCUT2D eigenvalue weighted by atomic mass is 16.4. The number of phenols is 1. The molecule has 1 heterocycles. The largest absolute Gasteiger partial charge is 0.508 e. The Morgan fingerprint density at radius 3 is 2.19 bits per heavy atom. The number of primary amides is 1. The van der Waals surface area contributed by atoms with Gasteiger partial charge in [0.25, 0.3) is 0 Å². The second-order valence-corrected chi connectivity index (χ2v) is 8.73. The third-order valence-corrected chi connectivity index (χ3v) is 5.85. The molecular weight excluding hydrogens is 490 g/mol. The molecule has 1 saturated heterocycles. The molecule has 0 spiro atoms. The maximum atomic E-state index is 13.0. The average molecular weight is 522 g/mol. The van der Waals surface area contributed by atoms with Gasteiger partial charge in [0.2, 0.25) is 23.6 Å². The number of benzene rings is 1. The Labute approximate surface area is 212 Å². The number of nitrogens with two attached hydrogens (primary N) is 2. The quantitative estimate of drug-likeness (QED) is 0.151. The first-order chi connectivity index (χ1) is 17.4. The van der Waals surface area contributed by atoms with Crippen LogP contribution in [0.25, 0.3) is 0 Å². The maximum absolute atomic E-state index is 13.0. The number of rotatable bonds is 13. The van der Waals surface area contributed by atoms with E-state index in [1.807, 2.05) is 0 Å². The number of nitrogens with zero attached hydrogens (tertiary/aromatic N) is 1. The lowest BCUT2D eigenvalue weighted by Crippen LogP contribution is -2.58. The summed E-state index contributed by atoms with van der Waals surface area (Å²) >= 11 is 0. The van der Waals surface area contributed by atoms with Gasteiger partial charge in [-0.3, -0.25) is 24.0 Å². The molecule has 1 aliphatic heterocycles. The van der Waals surface area contributed by atoms with Crippen LogP contribution < -0.4 is 22.1 Å². The second-order valence-electron chi connectivity index (χ2n) is 8.73. The normalized spacial score (nSPS) is 17.3.